The summed E-state index contributed by atoms with van der Waals surface area (Å²) < 4.78 is 6.47. The van der Waals surface area contributed by atoms with Crippen molar-refractivity contribution < 1.29 is 4.42 Å². The highest BCUT2D eigenvalue weighted by Gasteiger charge is 2.25. The average Bonchev–Trinajstić information content (AvgIpc) is 3.77. The maximum absolute atomic E-state index is 6.47. The van der Waals surface area contributed by atoms with Gasteiger partial charge in [0.2, 0.25) is 0 Å². The van der Waals surface area contributed by atoms with Crippen LogP contribution < -0.4 is 4.90 Å². The topological polar surface area (TPSA) is 16.4 Å². The monoisotopic (exact) mass is 867 g/mol. The smallest absolute Gasteiger partial charge is 0.136 e. The number of hydrogen-bond donors (Lipinski definition) is 0. The summed E-state index contributed by atoms with van der Waals surface area (Å²) in [6.07, 6.45) is 7.99. The van der Waals surface area contributed by atoms with Gasteiger partial charge in [-0.25, -0.2) is 0 Å². The molecule has 1 atom stereocenters. The van der Waals surface area contributed by atoms with Gasteiger partial charge in [-0.2, -0.15) is 0 Å². The Kier molecular flexibility index (Phi) is 9.68. The largest absolute Gasteiger partial charge is 0.456 e. The van der Waals surface area contributed by atoms with Crippen LogP contribution in [0.3, 0.4) is 0 Å². The first-order chi connectivity index (χ1) is 33.7. The van der Waals surface area contributed by atoms with Crippen LogP contribution in [0, 0.1) is 0 Å². The minimum absolute atomic E-state index is 0.0525. The van der Waals surface area contributed by atoms with Crippen molar-refractivity contribution in [1.82, 2.24) is 0 Å². The maximum atomic E-state index is 6.47. The average molecular weight is 868 g/mol. The molecule has 68 heavy (non-hydrogen) atoms. The molecule has 1 aliphatic rings. The molecule has 0 aliphatic heterocycles. The fraction of sp³-hybridized carbons (Fsp3) is 0.0303. The molecule has 11 aromatic carbocycles. The normalized spacial score (nSPS) is 13.7. The fourth-order valence-corrected chi connectivity index (χ4v) is 10.6. The quantitative estimate of drug-likeness (QED) is 0.142. The van der Waals surface area contributed by atoms with Crippen molar-refractivity contribution >= 4 is 71.2 Å². The molecule has 1 aliphatic carbocycles. The lowest BCUT2D eigenvalue weighted by Crippen LogP contribution is -2.30. The lowest BCUT2D eigenvalue weighted by molar-refractivity contribution is 0.669. The van der Waals surface area contributed by atoms with E-state index < -0.39 is 0 Å². The lowest BCUT2D eigenvalue weighted by atomic mass is 9.89. The molecule has 0 N–H and O–H groups in total. The Labute approximate surface area is 396 Å². The Morgan fingerprint density at radius 3 is 1.78 bits per heavy atom. The molecule has 12 aromatic rings. The Hall–Kier alpha value is -8.72. The van der Waals surface area contributed by atoms with Crippen LogP contribution in [0.2, 0.25) is 0 Å². The third-order valence-corrected chi connectivity index (χ3v) is 14.0. The van der Waals surface area contributed by atoms with Crippen LogP contribution in [0.1, 0.15) is 12.0 Å². The zero-order valence-corrected chi connectivity index (χ0v) is 37.4. The van der Waals surface area contributed by atoms with Gasteiger partial charge in [0.1, 0.15) is 11.2 Å². The molecule has 0 spiro atoms. The summed E-state index contributed by atoms with van der Waals surface area (Å²) in [5, 5.41) is 9.71. The van der Waals surface area contributed by atoms with E-state index in [1.165, 1.54) is 82.4 Å². The van der Waals surface area contributed by atoms with Crippen molar-refractivity contribution in [1.29, 1.82) is 0 Å². The van der Waals surface area contributed by atoms with Crippen LogP contribution >= 0.6 is 0 Å². The number of furan rings is 1. The van der Waals surface area contributed by atoms with Gasteiger partial charge < -0.3 is 9.32 Å². The molecule has 0 fully saturated rings. The number of hydrogen-bond acceptors (Lipinski definition) is 2. The van der Waals surface area contributed by atoms with Crippen molar-refractivity contribution in [2.75, 3.05) is 4.90 Å². The number of anilines is 2. The molecule has 1 aromatic heterocycles. The van der Waals surface area contributed by atoms with E-state index in [1.54, 1.807) is 0 Å². The number of rotatable bonds is 8. The van der Waals surface area contributed by atoms with E-state index in [2.05, 4.69) is 260 Å². The standard InChI is InChI=1S/C66H45NO/c1-3-14-45(15-4-1)57-37-31-51(40-61(57)46-16-5-2-6-17-46)44-26-33-53(34-27-44)67(54-35-28-48(29-36-54)56-23-13-24-59-55-21-10-9-18-47(55)30-38-60(56)59)64-25-12-11-22-58(64)52-32-39-65-62(42-52)63-41-49-19-7-8-20-50(49)43-66(63)68-65/h1-33,35-43,53H,34H2. The minimum atomic E-state index is 0.0525. The third kappa shape index (κ3) is 6.98. The van der Waals surface area contributed by atoms with E-state index in [0.717, 1.165) is 45.3 Å². The highest BCUT2D eigenvalue weighted by atomic mass is 16.3. The van der Waals surface area contributed by atoms with Crippen molar-refractivity contribution in [2.24, 2.45) is 0 Å². The van der Waals surface area contributed by atoms with Gasteiger partial charge >= 0.3 is 0 Å². The zero-order valence-electron chi connectivity index (χ0n) is 37.4. The molecule has 2 heteroatoms. The van der Waals surface area contributed by atoms with E-state index >= 15 is 0 Å². The van der Waals surface area contributed by atoms with E-state index in [4.69, 9.17) is 4.42 Å². The molecular weight excluding hydrogens is 823 g/mol. The highest BCUT2D eigenvalue weighted by Crippen LogP contribution is 2.43. The molecule has 0 saturated heterocycles. The van der Waals surface area contributed by atoms with Gasteiger partial charge in [0.15, 0.2) is 0 Å². The van der Waals surface area contributed by atoms with Gasteiger partial charge in [-0.3, -0.25) is 0 Å². The van der Waals surface area contributed by atoms with Crippen LogP contribution in [-0.2, 0) is 0 Å². The van der Waals surface area contributed by atoms with Gasteiger partial charge in [0.25, 0.3) is 0 Å². The maximum Gasteiger partial charge on any atom is 0.136 e. The summed E-state index contributed by atoms with van der Waals surface area (Å²) in [6, 6.07) is 86.1. The summed E-state index contributed by atoms with van der Waals surface area (Å²) in [5.41, 5.74) is 16.2. The number of allylic oxidation sites excluding steroid dienone is 2. The second-order valence-corrected chi connectivity index (χ2v) is 17.9. The minimum Gasteiger partial charge on any atom is -0.456 e. The van der Waals surface area contributed by atoms with E-state index in [-0.39, 0.29) is 6.04 Å². The molecule has 0 bridgehead atoms. The van der Waals surface area contributed by atoms with Crippen molar-refractivity contribution in [3.8, 4) is 44.5 Å². The SMILES string of the molecule is C1=CC(N(c2ccc(-c3cccc4c3ccc3ccccc34)cc2)c2ccccc2-c2ccc3oc4cc5ccccc5cc4c3c2)CC=C1c1ccc(-c2ccccc2)c(-c2ccccc2)c1. The van der Waals surface area contributed by atoms with Crippen LogP contribution in [0.4, 0.5) is 11.4 Å². The highest BCUT2D eigenvalue weighted by molar-refractivity contribution is 6.13. The van der Waals surface area contributed by atoms with Gasteiger partial charge in [-0.05, 0) is 137 Å². The van der Waals surface area contributed by atoms with Crippen LogP contribution in [0.25, 0.3) is 104 Å². The second-order valence-electron chi connectivity index (χ2n) is 17.9. The van der Waals surface area contributed by atoms with Gasteiger partial charge in [-0.15, -0.1) is 0 Å². The fourth-order valence-electron chi connectivity index (χ4n) is 10.6. The molecule has 0 saturated carbocycles. The van der Waals surface area contributed by atoms with Gasteiger partial charge in [0, 0.05) is 27.7 Å². The van der Waals surface area contributed by atoms with Crippen LogP contribution in [-0.4, -0.2) is 6.04 Å². The van der Waals surface area contributed by atoms with Crippen LogP contribution in [0.5, 0.6) is 0 Å². The molecule has 2 nitrogen and oxygen atoms in total. The summed E-state index contributed by atoms with van der Waals surface area (Å²) in [4.78, 5) is 2.54. The first kappa shape index (κ1) is 39.6. The summed E-state index contributed by atoms with van der Waals surface area (Å²) in [5.74, 6) is 0. The predicted molar refractivity (Wildman–Crippen MR) is 289 cm³/mol. The summed E-state index contributed by atoms with van der Waals surface area (Å²) in [6.45, 7) is 0. The predicted octanol–water partition coefficient (Wildman–Crippen LogP) is 18.3. The number of fused-ring (bicyclic) bond motifs is 7. The van der Waals surface area contributed by atoms with E-state index in [0.29, 0.717) is 0 Å². The number of para-hydroxylation sites is 1. The number of nitrogens with zero attached hydrogens (tertiary/aromatic N) is 1. The molecule has 0 amide bonds. The van der Waals surface area contributed by atoms with Crippen LogP contribution in [0.15, 0.2) is 259 Å². The van der Waals surface area contributed by atoms with Crippen molar-refractivity contribution in [2.45, 2.75) is 12.5 Å². The first-order valence-corrected chi connectivity index (χ1v) is 23.6. The molecule has 0 radical (unpaired) electrons. The molecule has 13 rings (SSSR count). The Morgan fingerprint density at radius 2 is 0.985 bits per heavy atom. The lowest BCUT2D eigenvalue weighted by Gasteiger charge is -2.35. The third-order valence-electron chi connectivity index (χ3n) is 14.0. The molecule has 1 unspecified atom stereocenters. The van der Waals surface area contributed by atoms with E-state index in [1.807, 2.05) is 0 Å². The molecule has 1 heterocycles. The number of benzene rings is 11. The zero-order chi connectivity index (χ0) is 45.0. The van der Waals surface area contributed by atoms with E-state index in [9.17, 15) is 0 Å². The van der Waals surface area contributed by atoms with Gasteiger partial charge in [0.05, 0.1) is 6.04 Å². The Balaban J connectivity index is 0.912. The van der Waals surface area contributed by atoms with Crippen molar-refractivity contribution in [3.63, 3.8) is 0 Å². The molecular formula is C66H45NO. The first-order valence-electron chi connectivity index (χ1n) is 23.6. The van der Waals surface area contributed by atoms with Crippen molar-refractivity contribution in [3.05, 3.63) is 260 Å². The van der Waals surface area contributed by atoms with Gasteiger partial charge in [-0.1, -0.05) is 206 Å². The Bertz CT molecular complexity index is 3930. The second kappa shape index (κ2) is 16.6. The summed E-state index contributed by atoms with van der Waals surface area (Å²) in [7, 11) is 0. The summed E-state index contributed by atoms with van der Waals surface area (Å²) >= 11 is 0. The Morgan fingerprint density at radius 1 is 0.353 bits per heavy atom. The molecule has 320 valence electrons.